The summed E-state index contributed by atoms with van der Waals surface area (Å²) in [4.78, 5) is 2.66. The molecule has 0 N–H and O–H groups in total. The molecule has 0 radical (unpaired) electrons. The molecule has 1 rings (SSSR count). The van der Waals surface area contributed by atoms with Gasteiger partial charge in [-0.1, -0.05) is 31.6 Å². The molecular formula is C11H23NS2. The Morgan fingerprint density at radius 2 is 2.14 bits per heavy atom. The highest BCUT2D eigenvalue weighted by Gasteiger charge is 2.29. The lowest BCUT2D eigenvalue weighted by molar-refractivity contribution is 0.176. The molecule has 0 saturated carbocycles. The van der Waals surface area contributed by atoms with Gasteiger partial charge in [0.1, 0.15) is 0 Å². The van der Waals surface area contributed by atoms with Gasteiger partial charge in [-0.3, -0.25) is 4.90 Å². The molecule has 84 valence electrons. The Balaban J connectivity index is 2.42. The molecule has 1 fully saturated rings. The van der Waals surface area contributed by atoms with Crippen LogP contribution in [0.25, 0.3) is 0 Å². The van der Waals surface area contributed by atoms with Gasteiger partial charge in [0, 0.05) is 18.3 Å². The predicted octanol–water partition coefficient (Wildman–Crippen LogP) is 3.32. The van der Waals surface area contributed by atoms with Gasteiger partial charge < -0.3 is 0 Å². The highest BCUT2D eigenvalue weighted by Crippen LogP contribution is 2.28. The van der Waals surface area contributed by atoms with Crippen LogP contribution in [0.4, 0.5) is 0 Å². The van der Waals surface area contributed by atoms with E-state index in [1.807, 2.05) is 0 Å². The lowest BCUT2D eigenvalue weighted by Crippen LogP contribution is -2.37. The van der Waals surface area contributed by atoms with Gasteiger partial charge >= 0.3 is 0 Å². The van der Waals surface area contributed by atoms with Crippen molar-refractivity contribution >= 4 is 22.5 Å². The third-order valence-electron chi connectivity index (χ3n) is 3.54. The Morgan fingerprint density at radius 3 is 2.71 bits per heavy atom. The van der Waals surface area contributed by atoms with Crippen molar-refractivity contribution < 1.29 is 0 Å². The van der Waals surface area contributed by atoms with Gasteiger partial charge in [0.05, 0.1) is 0 Å². The molecular weight excluding hydrogens is 210 g/mol. The number of thiol groups is 1. The van der Waals surface area contributed by atoms with Crippen molar-refractivity contribution in [3.05, 3.63) is 0 Å². The quantitative estimate of drug-likeness (QED) is 0.573. The highest BCUT2D eigenvalue weighted by molar-refractivity contribution is 8.68. The van der Waals surface area contributed by atoms with E-state index in [0.717, 1.165) is 23.6 Å². The van der Waals surface area contributed by atoms with Crippen molar-refractivity contribution in [2.24, 2.45) is 11.8 Å². The summed E-state index contributed by atoms with van der Waals surface area (Å²) in [5, 5.41) is 0. The van der Waals surface area contributed by atoms with Gasteiger partial charge in [-0.25, -0.2) is 0 Å². The van der Waals surface area contributed by atoms with Gasteiger partial charge in [-0.15, -0.1) is 11.7 Å². The summed E-state index contributed by atoms with van der Waals surface area (Å²) in [6.07, 6.45) is 2.79. The zero-order valence-corrected chi connectivity index (χ0v) is 11.3. The minimum atomic E-state index is 0.809. The minimum Gasteiger partial charge on any atom is -0.299 e. The molecule has 0 spiro atoms. The third kappa shape index (κ3) is 3.35. The van der Waals surface area contributed by atoms with E-state index < -0.39 is 0 Å². The summed E-state index contributed by atoms with van der Waals surface area (Å²) in [7, 11) is 1.66. The van der Waals surface area contributed by atoms with Crippen LogP contribution in [-0.4, -0.2) is 29.8 Å². The van der Waals surface area contributed by atoms with Crippen LogP contribution in [0.15, 0.2) is 0 Å². The molecule has 0 aliphatic carbocycles. The van der Waals surface area contributed by atoms with E-state index >= 15 is 0 Å². The zero-order valence-electron chi connectivity index (χ0n) is 9.57. The second-order valence-corrected chi connectivity index (χ2v) is 6.12. The van der Waals surface area contributed by atoms with Crippen molar-refractivity contribution in [3.8, 4) is 0 Å². The molecule has 0 aromatic rings. The number of likely N-dealkylation sites (tertiary alicyclic amines) is 1. The summed E-state index contributed by atoms with van der Waals surface area (Å²) in [6.45, 7) is 9.61. The van der Waals surface area contributed by atoms with Crippen molar-refractivity contribution in [1.29, 1.82) is 0 Å². The standard InChI is InChI=1S/C11H23NS2/c1-9(2)10(3)11-5-4-6-12(11)7-8-14-13/h9-11,13H,4-8H2,1-3H3. The Kier molecular flexibility index (Phi) is 5.72. The minimum absolute atomic E-state index is 0.809. The normalized spacial score (nSPS) is 25.9. The monoisotopic (exact) mass is 233 g/mol. The van der Waals surface area contributed by atoms with Crippen molar-refractivity contribution in [2.45, 2.75) is 39.7 Å². The summed E-state index contributed by atoms with van der Waals surface area (Å²) >= 11 is 4.21. The lowest BCUT2D eigenvalue weighted by atomic mass is 9.89. The van der Waals surface area contributed by atoms with E-state index in [2.05, 4.69) is 37.3 Å². The van der Waals surface area contributed by atoms with Gasteiger partial charge in [-0.05, 0) is 31.2 Å². The molecule has 1 saturated heterocycles. The molecule has 3 heteroatoms. The second kappa shape index (κ2) is 6.29. The number of hydrogen-bond donors (Lipinski definition) is 1. The first-order valence-corrected chi connectivity index (χ1v) is 7.71. The maximum Gasteiger partial charge on any atom is 0.0163 e. The summed E-state index contributed by atoms with van der Waals surface area (Å²) < 4.78 is 0. The van der Waals surface area contributed by atoms with Crippen LogP contribution < -0.4 is 0 Å². The van der Waals surface area contributed by atoms with Crippen LogP contribution in [0.3, 0.4) is 0 Å². The fourth-order valence-electron chi connectivity index (χ4n) is 2.33. The number of rotatable bonds is 5. The molecule has 14 heavy (non-hydrogen) atoms. The van der Waals surface area contributed by atoms with Gasteiger partial charge in [0.2, 0.25) is 0 Å². The first-order valence-electron chi connectivity index (χ1n) is 5.67. The zero-order chi connectivity index (χ0) is 10.6. The molecule has 2 atom stereocenters. The predicted molar refractivity (Wildman–Crippen MR) is 70.0 cm³/mol. The average Bonchev–Trinajstić information content (AvgIpc) is 2.61. The largest absolute Gasteiger partial charge is 0.299 e. The summed E-state index contributed by atoms with van der Waals surface area (Å²) in [6, 6.07) is 0.829. The maximum atomic E-state index is 4.21. The van der Waals surface area contributed by atoms with E-state index in [1.54, 1.807) is 10.8 Å². The van der Waals surface area contributed by atoms with Crippen molar-refractivity contribution in [2.75, 3.05) is 18.8 Å². The van der Waals surface area contributed by atoms with Crippen LogP contribution in [0.1, 0.15) is 33.6 Å². The molecule has 0 aromatic carbocycles. The second-order valence-electron chi connectivity index (χ2n) is 4.68. The molecule has 1 nitrogen and oxygen atoms in total. The van der Waals surface area contributed by atoms with Crippen LogP contribution in [0.5, 0.6) is 0 Å². The van der Waals surface area contributed by atoms with Crippen LogP contribution in [0, 0.1) is 11.8 Å². The van der Waals surface area contributed by atoms with E-state index in [9.17, 15) is 0 Å². The first-order chi connectivity index (χ1) is 6.66. The van der Waals surface area contributed by atoms with E-state index in [0.29, 0.717) is 0 Å². The van der Waals surface area contributed by atoms with E-state index in [4.69, 9.17) is 0 Å². The topological polar surface area (TPSA) is 3.24 Å². The van der Waals surface area contributed by atoms with Crippen molar-refractivity contribution in [1.82, 2.24) is 4.90 Å². The van der Waals surface area contributed by atoms with Crippen LogP contribution in [-0.2, 0) is 0 Å². The molecule has 1 heterocycles. The Labute approximate surface area is 97.8 Å². The smallest absolute Gasteiger partial charge is 0.0163 e. The third-order valence-corrected chi connectivity index (χ3v) is 4.46. The molecule has 1 aliphatic heterocycles. The Morgan fingerprint density at radius 1 is 1.43 bits per heavy atom. The van der Waals surface area contributed by atoms with E-state index in [-0.39, 0.29) is 0 Å². The van der Waals surface area contributed by atoms with Crippen molar-refractivity contribution in [3.63, 3.8) is 0 Å². The maximum absolute atomic E-state index is 4.21. The SMILES string of the molecule is CC(C)C(C)C1CCCN1CCSS. The molecule has 2 unspecified atom stereocenters. The number of hydrogen-bond acceptors (Lipinski definition) is 3. The molecule has 0 amide bonds. The Hall–Kier alpha value is 0.660. The lowest BCUT2D eigenvalue weighted by Gasteiger charge is -2.31. The molecule has 0 bridgehead atoms. The molecule has 0 aromatic heterocycles. The van der Waals surface area contributed by atoms with E-state index in [1.165, 1.54) is 25.9 Å². The number of nitrogens with zero attached hydrogens (tertiary/aromatic N) is 1. The van der Waals surface area contributed by atoms with Gasteiger partial charge in [-0.2, -0.15) is 0 Å². The molecule has 1 aliphatic rings. The highest BCUT2D eigenvalue weighted by atomic mass is 33.1. The Bertz CT molecular complexity index is 161. The summed E-state index contributed by atoms with van der Waals surface area (Å²) in [5.41, 5.74) is 0. The fraction of sp³-hybridized carbons (Fsp3) is 1.00. The first kappa shape index (κ1) is 12.7. The fourth-order valence-corrected chi connectivity index (χ4v) is 2.89. The van der Waals surface area contributed by atoms with Gasteiger partial charge in [0.15, 0.2) is 0 Å². The van der Waals surface area contributed by atoms with Crippen LogP contribution >= 0.6 is 22.5 Å². The van der Waals surface area contributed by atoms with Crippen LogP contribution in [0.2, 0.25) is 0 Å². The summed E-state index contributed by atoms with van der Waals surface area (Å²) in [5.74, 6) is 2.80. The average molecular weight is 233 g/mol. The van der Waals surface area contributed by atoms with Gasteiger partial charge in [0.25, 0.3) is 0 Å².